The van der Waals surface area contributed by atoms with Gasteiger partial charge in [0.1, 0.15) is 18.3 Å². The fourth-order valence-electron chi connectivity index (χ4n) is 3.81. The summed E-state index contributed by atoms with van der Waals surface area (Å²) in [5.41, 5.74) is 0.998. The average Bonchev–Trinajstić information content (AvgIpc) is 2.90. The number of methoxy groups -OCH3 is 1. The van der Waals surface area contributed by atoms with E-state index in [2.05, 4.69) is 5.32 Å². The standard InChI is InChI=1S/C28H32ClN3O5S/c1-20(2)30-28(34)21(3)31(18-22-9-8-10-25(17-22)37-4)27(33)19-32(24-15-13-23(29)14-16-24)38(35,36)26-11-6-5-7-12-26/h5-17,20-21H,18-19H2,1-4H3,(H,30,34)/t21-/m0/s1. The van der Waals surface area contributed by atoms with Crippen molar-refractivity contribution < 1.29 is 22.7 Å². The van der Waals surface area contributed by atoms with Gasteiger partial charge in [-0.1, -0.05) is 41.9 Å². The van der Waals surface area contributed by atoms with Crippen molar-refractivity contribution in [1.29, 1.82) is 0 Å². The highest BCUT2D eigenvalue weighted by molar-refractivity contribution is 7.92. The number of benzene rings is 3. The summed E-state index contributed by atoms with van der Waals surface area (Å²) in [7, 11) is -2.58. The minimum atomic E-state index is -4.12. The van der Waals surface area contributed by atoms with Crippen molar-refractivity contribution in [3.05, 3.63) is 89.4 Å². The minimum absolute atomic E-state index is 0.0349. The topological polar surface area (TPSA) is 96.0 Å². The number of nitrogens with one attached hydrogen (secondary N) is 1. The van der Waals surface area contributed by atoms with Crippen LogP contribution >= 0.6 is 11.6 Å². The molecule has 2 amide bonds. The summed E-state index contributed by atoms with van der Waals surface area (Å²) in [5, 5.41) is 3.26. The summed E-state index contributed by atoms with van der Waals surface area (Å²) in [4.78, 5) is 28.2. The molecule has 10 heteroatoms. The SMILES string of the molecule is COc1cccc(CN(C(=O)CN(c2ccc(Cl)cc2)S(=O)(=O)c2ccccc2)[C@@H](C)C(=O)NC(C)C)c1. The van der Waals surface area contributed by atoms with Gasteiger partial charge in [-0.15, -0.1) is 0 Å². The molecule has 0 saturated carbocycles. The maximum absolute atomic E-state index is 13.8. The Bertz CT molecular complexity index is 1350. The van der Waals surface area contributed by atoms with E-state index in [1.54, 1.807) is 62.6 Å². The molecular formula is C28H32ClN3O5S. The third-order valence-electron chi connectivity index (χ3n) is 5.81. The molecule has 0 aliphatic rings. The molecule has 0 spiro atoms. The summed E-state index contributed by atoms with van der Waals surface area (Å²) in [6.45, 7) is 4.82. The molecule has 0 heterocycles. The number of halogens is 1. The van der Waals surface area contributed by atoms with Gasteiger partial charge in [0, 0.05) is 17.6 Å². The fourth-order valence-corrected chi connectivity index (χ4v) is 5.37. The summed E-state index contributed by atoms with van der Waals surface area (Å²) in [5.74, 6) is -0.294. The first-order chi connectivity index (χ1) is 18.0. The maximum atomic E-state index is 13.8. The molecule has 0 fully saturated rings. The van der Waals surface area contributed by atoms with Crippen LogP contribution in [0, 0.1) is 0 Å². The Morgan fingerprint density at radius 3 is 2.21 bits per heavy atom. The van der Waals surface area contributed by atoms with Gasteiger partial charge in [0.25, 0.3) is 10.0 Å². The molecule has 3 aromatic carbocycles. The van der Waals surface area contributed by atoms with Crippen molar-refractivity contribution >= 4 is 39.1 Å². The molecule has 3 rings (SSSR count). The molecule has 0 radical (unpaired) electrons. The number of nitrogens with zero attached hydrogens (tertiary/aromatic N) is 2. The van der Waals surface area contributed by atoms with Crippen LogP contribution in [-0.4, -0.2) is 50.9 Å². The van der Waals surface area contributed by atoms with Crippen LogP contribution in [0.5, 0.6) is 5.75 Å². The Morgan fingerprint density at radius 2 is 1.61 bits per heavy atom. The van der Waals surface area contributed by atoms with Crippen LogP contribution in [0.25, 0.3) is 0 Å². The fraction of sp³-hybridized carbons (Fsp3) is 0.286. The van der Waals surface area contributed by atoms with Crippen molar-refractivity contribution in [3.8, 4) is 5.75 Å². The Labute approximate surface area is 229 Å². The first-order valence-electron chi connectivity index (χ1n) is 12.1. The quantitative estimate of drug-likeness (QED) is 0.375. The molecule has 38 heavy (non-hydrogen) atoms. The Morgan fingerprint density at radius 1 is 0.947 bits per heavy atom. The third-order valence-corrected chi connectivity index (χ3v) is 7.85. The highest BCUT2D eigenvalue weighted by atomic mass is 35.5. The van der Waals surface area contributed by atoms with E-state index in [9.17, 15) is 18.0 Å². The van der Waals surface area contributed by atoms with Gasteiger partial charge in [0.2, 0.25) is 11.8 Å². The highest BCUT2D eigenvalue weighted by Crippen LogP contribution is 2.26. The average molecular weight is 558 g/mol. The molecule has 8 nitrogen and oxygen atoms in total. The molecule has 0 bridgehead atoms. The zero-order valence-corrected chi connectivity index (χ0v) is 23.4. The van der Waals surface area contributed by atoms with Gasteiger partial charge in [-0.05, 0) is 74.9 Å². The Balaban J connectivity index is 2.02. The normalized spacial score (nSPS) is 12.1. The van der Waals surface area contributed by atoms with Gasteiger partial charge < -0.3 is 15.0 Å². The number of anilines is 1. The van der Waals surface area contributed by atoms with Gasteiger partial charge in [-0.25, -0.2) is 8.42 Å². The predicted molar refractivity (Wildman–Crippen MR) is 149 cm³/mol. The van der Waals surface area contributed by atoms with Gasteiger partial charge in [-0.2, -0.15) is 0 Å². The van der Waals surface area contributed by atoms with Gasteiger partial charge >= 0.3 is 0 Å². The molecule has 1 N–H and O–H groups in total. The largest absolute Gasteiger partial charge is 0.497 e. The number of rotatable bonds is 11. The first-order valence-corrected chi connectivity index (χ1v) is 13.9. The number of hydrogen-bond donors (Lipinski definition) is 1. The van der Waals surface area contributed by atoms with Crippen molar-refractivity contribution in [2.75, 3.05) is 18.0 Å². The predicted octanol–water partition coefficient (Wildman–Crippen LogP) is 4.49. The molecule has 202 valence electrons. The molecule has 0 saturated heterocycles. The summed E-state index contributed by atoms with van der Waals surface area (Å²) in [6.07, 6.45) is 0. The van der Waals surface area contributed by atoms with Crippen LogP contribution in [-0.2, 0) is 26.2 Å². The van der Waals surface area contributed by atoms with Crippen LogP contribution in [0.4, 0.5) is 5.69 Å². The van der Waals surface area contributed by atoms with E-state index in [1.165, 1.54) is 29.2 Å². The van der Waals surface area contributed by atoms with Gasteiger partial charge in [0.15, 0.2) is 0 Å². The molecule has 0 aromatic heterocycles. The molecule has 0 aliphatic heterocycles. The lowest BCUT2D eigenvalue weighted by Crippen LogP contribution is -2.52. The minimum Gasteiger partial charge on any atom is -0.497 e. The lowest BCUT2D eigenvalue weighted by molar-refractivity contribution is -0.139. The second-order valence-electron chi connectivity index (χ2n) is 9.01. The van der Waals surface area contributed by atoms with E-state index in [4.69, 9.17) is 16.3 Å². The summed E-state index contributed by atoms with van der Waals surface area (Å²) < 4.78 is 33.7. The van der Waals surface area contributed by atoms with Crippen molar-refractivity contribution in [2.45, 2.75) is 44.3 Å². The third kappa shape index (κ3) is 7.26. The number of amides is 2. The van der Waals surface area contributed by atoms with Gasteiger partial charge in [-0.3, -0.25) is 13.9 Å². The van der Waals surface area contributed by atoms with Crippen LogP contribution in [0.1, 0.15) is 26.3 Å². The van der Waals surface area contributed by atoms with E-state index in [0.29, 0.717) is 10.8 Å². The zero-order valence-electron chi connectivity index (χ0n) is 21.8. The van der Waals surface area contributed by atoms with E-state index in [1.807, 2.05) is 19.9 Å². The van der Waals surface area contributed by atoms with Crippen molar-refractivity contribution in [2.24, 2.45) is 0 Å². The van der Waals surface area contributed by atoms with Crippen molar-refractivity contribution in [1.82, 2.24) is 10.2 Å². The van der Waals surface area contributed by atoms with Gasteiger partial charge in [0.05, 0.1) is 17.7 Å². The zero-order chi connectivity index (χ0) is 27.9. The summed E-state index contributed by atoms with van der Waals surface area (Å²) >= 11 is 6.04. The molecular weight excluding hydrogens is 526 g/mol. The second kappa shape index (κ2) is 12.8. The van der Waals surface area contributed by atoms with E-state index < -0.39 is 28.5 Å². The molecule has 0 unspecified atom stereocenters. The summed E-state index contributed by atoms with van der Waals surface area (Å²) in [6, 6.07) is 20.2. The van der Waals surface area contributed by atoms with Crippen LogP contribution < -0.4 is 14.4 Å². The smallest absolute Gasteiger partial charge is 0.264 e. The Kier molecular flexibility index (Phi) is 9.77. The molecule has 0 aliphatic carbocycles. The second-order valence-corrected chi connectivity index (χ2v) is 11.3. The number of carbonyl (C=O) groups excluding carboxylic acids is 2. The highest BCUT2D eigenvalue weighted by Gasteiger charge is 2.32. The number of sulfonamides is 1. The van der Waals surface area contributed by atoms with E-state index in [0.717, 1.165) is 9.87 Å². The number of carbonyl (C=O) groups is 2. The van der Waals surface area contributed by atoms with Crippen molar-refractivity contribution in [3.63, 3.8) is 0 Å². The number of ether oxygens (including phenoxy) is 1. The lowest BCUT2D eigenvalue weighted by Gasteiger charge is -2.32. The first kappa shape index (κ1) is 29.0. The monoisotopic (exact) mass is 557 g/mol. The van der Waals surface area contributed by atoms with E-state index >= 15 is 0 Å². The van der Waals surface area contributed by atoms with Crippen LogP contribution in [0.3, 0.4) is 0 Å². The molecule has 1 atom stereocenters. The van der Waals surface area contributed by atoms with Crippen LogP contribution in [0.15, 0.2) is 83.8 Å². The number of hydrogen-bond acceptors (Lipinski definition) is 5. The molecule has 3 aromatic rings. The van der Waals surface area contributed by atoms with E-state index in [-0.39, 0.29) is 29.1 Å². The lowest BCUT2D eigenvalue weighted by atomic mass is 10.1. The maximum Gasteiger partial charge on any atom is 0.264 e. The Hall–Kier alpha value is -3.56. The van der Waals surface area contributed by atoms with Crippen LogP contribution in [0.2, 0.25) is 5.02 Å².